The molecule has 0 atom stereocenters. The van der Waals surface area contributed by atoms with Gasteiger partial charge in [0.25, 0.3) is 0 Å². The smallest absolute Gasteiger partial charge is 0.234 e. The zero-order valence-corrected chi connectivity index (χ0v) is 17.0. The van der Waals surface area contributed by atoms with E-state index in [9.17, 15) is 9.18 Å². The van der Waals surface area contributed by atoms with Gasteiger partial charge in [-0.15, -0.1) is 11.3 Å². The summed E-state index contributed by atoms with van der Waals surface area (Å²) in [5.74, 6) is -0.150. The Labute approximate surface area is 164 Å². The molecule has 0 bridgehead atoms. The highest BCUT2D eigenvalue weighted by Gasteiger charge is 2.21. The van der Waals surface area contributed by atoms with Gasteiger partial charge in [-0.2, -0.15) is 0 Å². The van der Waals surface area contributed by atoms with E-state index in [1.165, 1.54) is 12.1 Å². The summed E-state index contributed by atoms with van der Waals surface area (Å²) in [6, 6.07) is 6.44. The number of carbonyl (C=O) groups excluding carboxylic acids is 1. The molecule has 0 unspecified atom stereocenters. The number of amides is 1. The van der Waals surface area contributed by atoms with Crippen molar-refractivity contribution in [2.24, 2.45) is 0 Å². The number of hydrogen-bond acceptors (Lipinski definition) is 5. The summed E-state index contributed by atoms with van der Waals surface area (Å²) in [6.45, 7) is 10.9. The second-order valence-corrected chi connectivity index (χ2v) is 8.93. The quantitative estimate of drug-likeness (QED) is 0.853. The molecule has 3 rings (SSSR count). The monoisotopic (exact) mass is 390 g/mol. The van der Waals surface area contributed by atoms with E-state index in [4.69, 9.17) is 0 Å². The van der Waals surface area contributed by atoms with E-state index in [0.29, 0.717) is 6.54 Å². The summed E-state index contributed by atoms with van der Waals surface area (Å²) >= 11 is 1.64. The van der Waals surface area contributed by atoms with E-state index in [2.05, 4.69) is 20.1 Å². The normalized spacial score (nSPS) is 16.4. The van der Waals surface area contributed by atoms with Gasteiger partial charge in [0.05, 0.1) is 18.8 Å². The minimum atomic E-state index is -0.233. The third-order valence-corrected chi connectivity index (χ3v) is 5.23. The maximum Gasteiger partial charge on any atom is 0.234 e. The molecule has 27 heavy (non-hydrogen) atoms. The number of hydrogen-bond donors (Lipinski definition) is 1. The summed E-state index contributed by atoms with van der Waals surface area (Å²) in [7, 11) is 0. The molecule has 0 radical (unpaired) electrons. The molecule has 0 spiro atoms. The largest absolute Gasteiger partial charge is 0.350 e. The van der Waals surface area contributed by atoms with Gasteiger partial charge in [0.15, 0.2) is 0 Å². The number of nitrogens with one attached hydrogen (secondary N) is 1. The Balaban J connectivity index is 1.47. The van der Waals surface area contributed by atoms with Crippen molar-refractivity contribution in [2.75, 3.05) is 32.7 Å². The highest BCUT2D eigenvalue weighted by atomic mass is 32.1. The minimum Gasteiger partial charge on any atom is -0.350 e. The first-order chi connectivity index (χ1) is 12.8. The first-order valence-corrected chi connectivity index (χ1v) is 10.1. The minimum absolute atomic E-state index is 0.0832. The number of aromatic nitrogens is 1. The Morgan fingerprint density at radius 1 is 1.15 bits per heavy atom. The van der Waals surface area contributed by atoms with E-state index < -0.39 is 0 Å². The predicted octanol–water partition coefficient (Wildman–Crippen LogP) is 2.98. The summed E-state index contributed by atoms with van der Waals surface area (Å²) in [5.41, 5.74) is 1.65. The second kappa shape index (κ2) is 8.46. The SMILES string of the molecule is CC(C)(C)NC(=O)CN1CCN(Cc2nc(-c3ccc(F)cc3)cs2)CC1. The molecule has 0 saturated carbocycles. The average molecular weight is 391 g/mol. The van der Waals surface area contributed by atoms with Crippen LogP contribution in [0.3, 0.4) is 0 Å². The lowest BCUT2D eigenvalue weighted by molar-refractivity contribution is -0.124. The molecule has 1 aliphatic heterocycles. The number of carbonyl (C=O) groups is 1. The van der Waals surface area contributed by atoms with Crippen molar-refractivity contribution in [1.82, 2.24) is 20.1 Å². The zero-order valence-electron chi connectivity index (χ0n) is 16.2. The van der Waals surface area contributed by atoms with Crippen LogP contribution in [-0.2, 0) is 11.3 Å². The van der Waals surface area contributed by atoms with Crippen molar-refractivity contribution in [3.05, 3.63) is 40.5 Å². The molecule has 1 amide bonds. The number of nitrogens with zero attached hydrogens (tertiary/aromatic N) is 3. The van der Waals surface area contributed by atoms with Crippen LogP contribution in [0, 0.1) is 5.82 Å². The summed E-state index contributed by atoms with van der Waals surface area (Å²) in [4.78, 5) is 21.3. The molecule has 0 aliphatic carbocycles. The van der Waals surface area contributed by atoms with Gasteiger partial charge in [-0.3, -0.25) is 14.6 Å². The van der Waals surface area contributed by atoms with Crippen molar-refractivity contribution in [2.45, 2.75) is 32.9 Å². The lowest BCUT2D eigenvalue weighted by Crippen LogP contribution is -2.51. The fourth-order valence-electron chi connectivity index (χ4n) is 3.09. The van der Waals surface area contributed by atoms with Gasteiger partial charge < -0.3 is 5.32 Å². The van der Waals surface area contributed by atoms with E-state index in [1.54, 1.807) is 23.5 Å². The van der Waals surface area contributed by atoms with Crippen LogP contribution in [-0.4, -0.2) is 59.0 Å². The number of rotatable bonds is 5. The number of piperazine rings is 1. The number of halogens is 1. The van der Waals surface area contributed by atoms with E-state index in [0.717, 1.165) is 49.0 Å². The standard InChI is InChI=1S/C20H27FN4OS/c1-20(2,3)23-18(26)12-24-8-10-25(11-9-24)13-19-22-17(14-27-19)15-4-6-16(21)7-5-15/h4-7,14H,8-13H2,1-3H3,(H,23,26). The molecule has 1 aliphatic rings. The van der Waals surface area contributed by atoms with Crippen molar-refractivity contribution in [3.63, 3.8) is 0 Å². The Bertz CT molecular complexity index is 761. The molecule has 1 aromatic carbocycles. The molecule has 7 heteroatoms. The second-order valence-electron chi connectivity index (χ2n) is 7.98. The maximum atomic E-state index is 13.1. The van der Waals surface area contributed by atoms with Crippen LogP contribution in [0.15, 0.2) is 29.6 Å². The summed E-state index contributed by atoms with van der Waals surface area (Å²) in [6.07, 6.45) is 0. The maximum absolute atomic E-state index is 13.1. The Hall–Kier alpha value is -1.83. The highest BCUT2D eigenvalue weighted by molar-refractivity contribution is 7.09. The van der Waals surface area contributed by atoms with Crippen LogP contribution in [0.2, 0.25) is 0 Å². The molecule has 146 valence electrons. The van der Waals surface area contributed by atoms with Crippen LogP contribution >= 0.6 is 11.3 Å². The lowest BCUT2D eigenvalue weighted by Gasteiger charge is -2.34. The van der Waals surface area contributed by atoms with E-state index in [1.807, 2.05) is 26.2 Å². The molecule has 1 saturated heterocycles. The van der Waals surface area contributed by atoms with Crippen molar-refractivity contribution < 1.29 is 9.18 Å². The van der Waals surface area contributed by atoms with Crippen LogP contribution in [0.1, 0.15) is 25.8 Å². The third-order valence-electron chi connectivity index (χ3n) is 4.40. The Morgan fingerprint density at radius 2 is 1.78 bits per heavy atom. The molecular weight excluding hydrogens is 363 g/mol. The zero-order chi connectivity index (χ0) is 19.4. The van der Waals surface area contributed by atoms with E-state index in [-0.39, 0.29) is 17.3 Å². The fraction of sp³-hybridized carbons (Fsp3) is 0.500. The highest BCUT2D eigenvalue weighted by Crippen LogP contribution is 2.23. The van der Waals surface area contributed by atoms with E-state index >= 15 is 0 Å². The molecule has 1 aromatic heterocycles. The molecule has 1 fully saturated rings. The van der Waals surface area contributed by atoms with Gasteiger partial charge >= 0.3 is 0 Å². The topological polar surface area (TPSA) is 48.5 Å². The van der Waals surface area contributed by atoms with Gasteiger partial charge in [-0.1, -0.05) is 0 Å². The third kappa shape index (κ3) is 6.09. The molecule has 5 nitrogen and oxygen atoms in total. The van der Waals surface area contributed by atoms with Crippen LogP contribution in [0.25, 0.3) is 11.3 Å². The van der Waals surface area contributed by atoms with Gasteiger partial charge in [0.1, 0.15) is 10.8 Å². The van der Waals surface area contributed by atoms with Crippen LogP contribution < -0.4 is 5.32 Å². The first kappa shape index (κ1) is 19.9. The summed E-state index contributed by atoms with van der Waals surface area (Å²) < 4.78 is 13.1. The number of benzene rings is 1. The van der Waals surface area contributed by atoms with Gasteiger partial charge in [-0.05, 0) is 45.0 Å². The fourth-order valence-corrected chi connectivity index (χ4v) is 3.94. The molecule has 2 heterocycles. The Morgan fingerprint density at radius 3 is 2.41 bits per heavy atom. The first-order valence-electron chi connectivity index (χ1n) is 9.24. The number of thiazole rings is 1. The molecular formula is C20H27FN4OS. The summed E-state index contributed by atoms with van der Waals surface area (Å²) in [5, 5.41) is 6.10. The Kier molecular flexibility index (Phi) is 6.24. The van der Waals surface area contributed by atoms with Crippen LogP contribution in [0.5, 0.6) is 0 Å². The van der Waals surface area contributed by atoms with Gasteiger partial charge in [-0.25, -0.2) is 9.37 Å². The van der Waals surface area contributed by atoms with Gasteiger partial charge in [0.2, 0.25) is 5.91 Å². The van der Waals surface area contributed by atoms with Crippen molar-refractivity contribution in [3.8, 4) is 11.3 Å². The average Bonchev–Trinajstić information content (AvgIpc) is 3.04. The molecule has 2 aromatic rings. The van der Waals surface area contributed by atoms with Gasteiger partial charge in [0, 0.05) is 42.7 Å². The predicted molar refractivity (Wildman–Crippen MR) is 107 cm³/mol. The van der Waals surface area contributed by atoms with Crippen molar-refractivity contribution >= 4 is 17.2 Å². The van der Waals surface area contributed by atoms with Crippen LogP contribution in [0.4, 0.5) is 4.39 Å². The molecule has 1 N–H and O–H groups in total. The van der Waals surface area contributed by atoms with Crippen molar-refractivity contribution in [1.29, 1.82) is 0 Å². The lowest BCUT2D eigenvalue weighted by atomic mass is 10.1.